The van der Waals surface area contributed by atoms with Crippen LogP contribution in [0.15, 0.2) is 36.4 Å². The van der Waals surface area contributed by atoms with Crippen molar-refractivity contribution in [3.8, 4) is 0 Å². The number of halogens is 3. The third-order valence-electron chi connectivity index (χ3n) is 6.21. The Morgan fingerprint density at radius 3 is 2.31 bits per heavy atom. The lowest BCUT2D eigenvalue weighted by Crippen LogP contribution is -2.51. The number of benzene rings is 2. The van der Waals surface area contributed by atoms with Gasteiger partial charge in [0.25, 0.3) is 5.91 Å². The first-order valence-corrected chi connectivity index (χ1v) is 13.7. The molecule has 0 radical (unpaired) electrons. The SMILES string of the molecule is CCC[C@@H](O)[C@H](CNCc1ccc(C)cc1C)NC(=O)CNC(=O)c1cc(C(F)(F)F)ccc1NC(=O)OC(C)(C)C. The predicted molar refractivity (Wildman–Crippen MR) is 154 cm³/mol. The number of amides is 3. The summed E-state index contributed by atoms with van der Waals surface area (Å²) in [4.78, 5) is 37.9. The number of nitrogens with one attached hydrogen (secondary N) is 4. The van der Waals surface area contributed by atoms with E-state index in [0.717, 1.165) is 28.8 Å². The van der Waals surface area contributed by atoms with E-state index in [9.17, 15) is 32.7 Å². The van der Waals surface area contributed by atoms with Crippen LogP contribution in [0, 0.1) is 13.8 Å². The molecule has 232 valence electrons. The van der Waals surface area contributed by atoms with E-state index in [0.29, 0.717) is 25.5 Å². The number of rotatable bonds is 12. The van der Waals surface area contributed by atoms with E-state index in [1.807, 2.05) is 32.9 Å². The lowest BCUT2D eigenvalue weighted by Gasteiger charge is -2.25. The number of aryl methyl sites for hydroxylation is 2. The molecular weight excluding hydrogens is 553 g/mol. The maximum atomic E-state index is 13.4. The predicted octanol–water partition coefficient (Wildman–Crippen LogP) is 4.83. The van der Waals surface area contributed by atoms with Crippen molar-refractivity contribution in [2.75, 3.05) is 18.4 Å². The van der Waals surface area contributed by atoms with Crippen LogP contribution in [0.5, 0.6) is 0 Å². The zero-order chi connectivity index (χ0) is 31.7. The molecule has 0 unspecified atom stereocenters. The van der Waals surface area contributed by atoms with Gasteiger partial charge in [-0.15, -0.1) is 0 Å². The molecule has 9 nitrogen and oxygen atoms in total. The molecule has 0 fully saturated rings. The number of hydrogen-bond acceptors (Lipinski definition) is 6. The summed E-state index contributed by atoms with van der Waals surface area (Å²) >= 11 is 0. The van der Waals surface area contributed by atoms with Crippen LogP contribution in [0.4, 0.5) is 23.7 Å². The Balaban J connectivity index is 2.10. The van der Waals surface area contributed by atoms with Gasteiger partial charge in [0.15, 0.2) is 0 Å². The van der Waals surface area contributed by atoms with Crippen LogP contribution in [0.1, 0.15) is 73.1 Å². The van der Waals surface area contributed by atoms with Crippen molar-refractivity contribution in [2.45, 2.75) is 84.9 Å². The van der Waals surface area contributed by atoms with E-state index in [1.54, 1.807) is 20.8 Å². The van der Waals surface area contributed by atoms with Gasteiger partial charge in [-0.1, -0.05) is 37.1 Å². The largest absolute Gasteiger partial charge is 0.444 e. The molecule has 0 saturated heterocycles. The second-order valence-corrected chi connectivity index (χ2v) is 11.2. The van der Waals surface area contributed by atoms with Crippen LogP contribution in [-0.4, -0.2) is 53.9 Å². The molecule has 0 bridgehead atoms. The number of aliphatic hydroxyl groups is 1. The number of aliphatic hydroxyl groups excluding tert-OH is 1. The van der Waals surface area contributed by atoms with Crippen molar-refractivity contribution >= 4 is 23.6 Å². The van der Waals surface area contributed by atoms with Gasteiger partial charge < -0.3 is 25.8 Å². The van der Waals surface area contributed by atoms with Crippen molar-refractivity contribution in [2.24, 2.45) is 0 Å². The van der Waals surface area contributed by atoms with Crippen LogP contribution in [-0.2, 0) is 22.3 Å². The highest BCUT2D eigenvalue weighted by molar-refractivity contribution is 6.04. The number of ether oxygens (including phenoxy) is 1. The Hall–Kier alpha value is -3.64. The fraction of sp³-hybridized carbons (Fsp3) is 0.500. The first-order valence-electron chi connectivity index (χ1n) is 13.7. The number of anilines is 1. The molecule has 2 aromatic carbocycles. The summed E-state index contributed by atoms with van der Waals surface area (Å²) in [7, 11) is 0. The molecule has 0 aliphatic rings. The highest BCUT2D eigenvalue weighted by Crippen LogP contribution is 2.32. The third-order valence-corrected chi connectivity index (χ3v) is 6.21. The topological polar surface area (TPSA) is 129 Å². The van der Waals surface area contributed by atoms with Crippen molar-refractivity contribution in [1.82, 2.24) is 16.0 Å². The molecule has 0 spiro atoms. The fourth-order valence-electron chi connectivity index (χ4n) is 4.13. The van der Waals surface area contributed by atoms with Crippen molar-refractivity contribution in [1.29, 1.82) is 0 Å². The zero-order valence-corrected chi connectivity index (χ0v) is 24.9. The summed E-state index contributed by atoms with van der Waals surface area (Å²) < 4.78 is 45.2. The van der Waals surface area contributed by atoms with Gasteiger partial charge in [-0.25, -0.2) is 4.79 Å². The molecule has 0 aromatic heterocycles. The minimum Gasteiger partial charge on any atom is -0.444 e. The molecule has 2 aromatic rings. The zero-order valence-electron chi connectivity index (χ0n) is 24.9. The van der Waals surface area contributed by atoms with Gasteiger partial charge in [-0.2, -0.15) is 13.2 Å². The maximum Gasteiger partial charge on any atom is 0.416 e. The Bertz CT molecular complexity index is 1240. The highest BCUT2D eigenvalue weighted by atomic mass is 19.4. The second kappa shape index (κ2) is 15.0. The van der Waals surface area contributed by atoms with E-state index in [2.05, 4.69) is 27.3 Å². The standard InChI is InChI=1S/C30H41F3N4O5/c1-7-8-25(38)24(16-34-15-20-10-9-18(2)13-19(20)3)36-26(39)17-35-27(40)22-14-21(30(31,32)33)11-12-23(22)37-28(41)42-29(4,5)6/h9-14,24-25,34,38H,7-8,15-17H2,1-6H3,(H,35,40)(H,36,39)(H,37,41)/t24-,25+/m0/s1. The average Bonchev–Trinajstić information content (AvgIpc) is 2.86. The van der Waals surface area contributed by atoms with Gasteiger partial charge in [-0.3, -0.25) is 14.9 Å². The lowest BCUT2D eigenvalue weighted by molar-refractivity contribution is -0.137. The van der Waals surface area contributed by atoms with E-state index < -0.39 is 59.5 Å². The van der Waals surface area contributed by atoms with Crippen LogP contribution in [0.2, 0.25) is 0 Å². The first kappa shape index (κ1) is 34.6. The monoisotopic (exact) mass is 594 g/mol. The van der Waals surface area contributed by atoms with Gasteiger partial charge in [-0.05, 0) is 70.4 Å². The van der Waals surface area contributed by atoms with E-state index in [4.69, 9.17) is 4.74 Å². The summed E-state index contributed by atoms with van der Waals surface area (Å²) in [5.74, 6) is -1.66. The number of alkyl halides is 3. The Morgan fingerprint density at radius 1 is 1.02 bits per heavy atom. The summed E-state index contributed by atoms with van der Waals surface area (Å²) in [6, 6.07) is 7.63. The molecule has 5 N–H and O–H groups in total. The molecule has 0 aliphatic heterocycles. The summed E-state index contributed by atoms with van der Waals surface area (Å²) in [5.41, 5.74) is 0.602. The van der Waals surface area contributed by atoms with Crippen LogP contribution in [0.3, 0.4) is 0 Å². The summed E-state index contributed by atoms with van der Waals surface area (Å²) in [6.07, 6.45) is -5.48. The fourth-order valence-corrected chi connectivity index (χ4v) is 4.13. The average molecular weight is 595 g/mol. The van der Waals surface area contributed by atoms with Crippen molar-refractivity contribution < 1.29 is 37.4 Å². The normalized spacial score (nSPS) is 13.2. The number of carbonyl (C=O) groups excluding carboxylic acids is 3. The van der Waals surface area contributed by atoms with E-state index in [-0.39, 0.29) is 12.2 Å². The Labute approximate surface area is 244 Å². The van der Waals surface area contributed by atoms with Gasteiger partial charge in [0, 0.05) is 13.1 Å². The highest BCUT2D eigenvalue weighted by Gasteiger charge is 2.32. The molecule has 3 amide bonds. The third kappa shape index (κ3) is 11.3. The maximum absolute atomic E-state index is 13.4. The van der Waals surface area contributed by atoms with Gasteiger partial charge in [0.1, 0.15) is 5.60 Å². The molecule has 2 atom stereocenters. The van der Waals surface area contributed by atoms with Gasteiger partial charge in [0.2, 0.25) is 5.91 Å². The number of hydrogen-bond donors (Lipinski definition) is 5. The summed E-state index contributed by atoms with van der Waals surface area (Å²) in [6.45, 7) is 10.9. The van der Waals surface area contributed by atoms with Crippen LogP contribution in [0.25, 0.3) is 0 Å². The molecular formula is C30H41F3N4O5. The van der Waals surface area contributed by atoms with E-state index in [1.165, 1.54) is 0 Å². The molecule has 0 saturated carbocycles. The molecule has 0 heterocycles. The van der Waals surface area contributed by atoms with Crippen LogP contribution >= 0.6 is 0 Å². The van der Waals surface area contributed by atoms with Crippen molar-refractivity contribution in [3.63, 3.8) is 0 Å². The van der Waals surface area contributed by atoms with Gasteiger partial charge >= 0.3 is 12.3 Å². The summed E-state index contributed by atoms with van der Waals surface area (Å²) in [5, 5.41) is 21.1. The molecule has 42 heavy (non-hydrogen) atoms. The van der Waals surface area contributed by atoms with E-state index >= 15 is 0 Å². The van der Waals surface area contributed by atoms with Gasteiger partial charge in [0.05, 0.1) is 35.5 Å². The molecule has 2 rings (SSSR count). The van der Waals surface area contributed by atoms with Crippen molar-refractivity contribution in [3.05, 3.63) is 64.2 Å². The Kier molecular flexibility index (Phi) is 12.4. The number of carbonyl (C=O) groups is 3. The quantitative estimate of drug-likeness (QED) is 0.239. The first-order chi connectivity index (χ1) is 19.5. The molecule has 0 aliphatic carbocycles. The molecule has 12 heteroatoms. The minimum atomic E-state index is -4.75. The lowest BCUT2D eigenvalue weighted by atomic mass is 10.0. The second-order valence-electron chi connectivity index (χ2n) is 11.2. The van der Waals surface area contributed by atoms with Crippen LogP contribution < -0.4 is 21.3 Å². The minimum absolute atomic E-state index is 0.220. The smallest absolute Gasteiger partial charge is 0.416 e. The Morgan fingerprint density at radius 2 is 1.71 bits per heavy atom.